The predicted octanol–water partition coefficient (Wildman–Crippen LogP) is 2.04. The molecule has 0 saturated carbocycles. The Kier molecular flexibility index (Phi) is 3.14. The first kappa shape index (κ1) is 12.3. The molecular weight excluding hydrogens is 256 g/mol. The van der Waals surface area contributed by atoms with E-state index in [0.717, 1.165) is 21.8 Å². The first-order valence-electron chi connectivity index (χ1n) is 6.01. The fraction of sp³-hybridized carbons (Fsp3) is 0.0714. The quantitative estimate of drug-likeness (QED) is 0.433. The van der Waals surface area contributed by atoms with Crippen molar-refractivity contribution in [2.75, 3.05) is 7.11 Å². The highest BCUT2D eigenvalue weighted by Crippen LogP contribution is 2.25. The average molecular weight is 268 g/mol. The zero-order valence-corrected chi connectivity index (χ0v) is 10.8. The van der Waals surface area contributed by atoms with E-state index in [0.29, 0.717) is 0 Å². The second-order valence-corrected chi connectivity index (χ2v) is 4.17. The first-order chi connectivity index (χ1) is 9.79. The molecule has 1 amide bonds. The zero-order valence-electron chi connectivity index (χ0n) is 10.8. The van der Waals surface area contributed by atoms with E-state index in [1.165, 1.54) is 13.4 Å². The summed E-state index contributed by atoms with van der Waals surface area (Å²) in [6.45, 7) is 0. The number of para-hydroxylation sites is 1. The van der Waals surface area contributed by atoms with Gasteiger partial charge >= 0.3 is 0 Å². The van der Waals surface area contributed by atoms with Gasteiger partial charge in [-0.3, -0.25) is 15.1 Å². The van der Waals surface area contributed by atoms with E-state index in [2.05, 4.69) is 25.3 Å². The van der Waals surface area contributed by atoms with Gasteiger partial charge in [0.1, 0.15) is 12.0 Å². The topological polar surface area (TPSA) is 79.4 Å². The maximum absolute atomic E-state index is 11.9. The number of carbonyl (C=O) groups is 1. The van der Waals surface area contributed by atoms with Crippen LogP contribution >= 0.6 is 0 Å². The molecule has 0 aliphatic carbocycles. The third-order valence-corrected chi connectivity index (χ3v) is 2.96. The maximum atomic E-state index is 11.9. The third-order valence-electron chi connectivity index (χ3n) is 2.96. The number of amides is 1. The lowest BCUT2D eigenvalue weighted by molar-refractivity contribution is 0.0994. The Labute approximate surface area is 114 Å². The van der Waals surface area contributed by atoms with E-state index in [9.17, 15) is 4.79 Å². The molecule has 3 rings (SSSR count). The molecule has 2 aromatic heterocycles. The van der Waals surface area contributed by atoms with E-state index >= 15 is 0 Å². The van der Waals surface area contributed by atoms with Crippen molar-refractivity contribution in [3.8, 4) is 0 Å². The Balaban J connectivity index is 2.05. The lowest BCUT2D eigenvalue weighted by atomic mass is 10.1. The summed E-state index contributed by atoms with van der Waals surface area (Å²) in [7, 11) is 1.44. The minimum absolute atomic E-state index is 0.288. The van der Waals surface area contributed by atoms with Crippen LogP contribution in [0.4, 0.5) is 0 Å². The van der Waals surface area contributed by atoms with Gasteiger partial charge in [-0.25, -0.2) is 4.98 Å². The number of carbonyl (C=O) groups excluding carboxylic acids is 1. The van der Waals surface area contributed by atoms with Gasteiger partial charge in [-0.1, -0.05) is 18.2 Å². The van der Waals surface area contributed by atoms with Crippen molar-refractivity contribution in [1.29, 1.82) is 0 Å². The molecule has 100 valence electrons. The Morgan fingerprint density at radius 1 is 1.35 bits per heavy atom. The predicted molar refractivity (Wildman–Crippen MR) is 76.6 cm³/mol. The highest BCUT2D eigenvalue weighted by atomic mass is 16.6. The molecule has 6 nitrogen and oxygen atoms in total. The number of H-pyrrole nitrogens is 1. The SMILES string of the molecule is CON/C=N\C(=O)c1cc2c(cn1)[nH]c1ccccc12. The molecule has 0 unspecified atom stereocenters. The van der Waals surface area contributed by atoms with Gasteiger partial charge in [-0.2, -0.15) is 4.99 Å². The molecule has 2 heterocycles. The Hall–Kier alpha value is -2.73. The molecule has 0 bridgehead atoms. The van der Waals surface area contributed by atoms with Gasteiger partial charge in [0.25, 0.3) is 5.91 Å². The molecule has 6 heteroatoms. The smallest absolute Gasteiger partial charge is 0.297 e. The number of aromatic amines is 1. The van der Waals surface area contributed by atoms with Crippen molar-refractivity contribution in [1.82, 2.24) is 15.4 Å². The van der Waals surface area contributed by atoms with Crippen LogP contribution in [0, 0.1) is 0 Å². The number of aliphatic imine (C=N–C) groups is 1. The number of pyridine rings is 1. The summed E-state index contributed by atoms with van der Waals surface area (Å²) in [6, 6.07) is 9.63. The van der Waals surface area contributed by atoms with Gasteiger partial charge < -0.3 is 4.98 Å². The van der Waals surface area contributed by atoms with Gasteiger partial charge in [0.05, 0.1) is 18.8 Å². The maximum Gasteiger partial charge on any atom is 0.297 e. The van der Waals surface area contributed by atoms with Crippen LogP contribution < -0.4 is 5.48 Å². The molecule has 0 atom stereocenters. The Bertz CT molecular complexity index is 807. The molecule has 0 aliphatic rings. The van der Waals surface area contributed by atoms with Crippen molar-refractivity contribution in [2.24, 2.45) is 4.99 Å². The van der Waals surface area contributed by atoms with Crippen LogP contribution in [-0.2, 0) is 4.84 Å². The number of fused-ring (bicyclic) bond motifs is 3. The highest BCUT2D eigenvalue weighted by molar-refractivity contribution is 6.09. The molecule has 0 aliphatic heterocycles. The second-order valence-electron chi connectivity index (χ2n) is 4.17. The summed E-state index contributed by atoms with van der Waals surface area (Å²) in [6.07, 6.45) is 2.82. The number of nitrogens with zero attached hydrogens (tertiary/aromatic N) is 2. The van der Waals surface area contributed by atoms with Crippen molar-refractivity contribution >= 4 is 34.1 Å². The van der Waals surface area contributed by atoms with E-state index in [1.807, 2.05) is 24.3 Å². The van der Waals surface area contributed by atoms with Crippen molar-refractivity contribution in [3.63, 3.8) is 0 Å². The summed E-state index contributed by atoms with van der Waals surface area (Å²) < 4.78 is 0. The largest absolute Gasteiger partial charge is 0.353 e. The van der Waals surface area contributed by atoms with E-state index in [-0.39, 0.29) is 5.69 Å². The zero-order chi connectivity index (χ0) is 13.9. The molecule has 2 N–H and O–H groups in total. The molecule has 0 radical (unpaired) electrons. The second kappa shape index (κ2) is 5.10. The van der Waals surface area contributed by atoms with Crippen molar-refractivity contribution in [2.45, 2.75) is 0 Å². The molecule has 3 aromatic rings. The summed E-state index contributed by atoms with van der Waals surface area (Å²) in [5.74, 6) is -0.429. The summed E-state index contributed by atoms with van der Waals surface area (Å²) in [4.78, 5) is 27.5. The first-order valence-corrected chi connectivity index (χ1v) is 6.01. The number of rotatable bonds is 3. The van der Waals surface area contributed by atoms with Gasteiger partial charge in [-0.15, -0.1) is 0 Å². The number of hydrogen-bond acceptors (Lipinski definition) is 3. The number of hydrogen-bond donors (Lipinski definition) is 2. The average Bonchev–Trinajstić information content (AvgIpc) is 2.85. The van der Waals surface area contributed by atoms with Gasteiger partial charge in [0.15, 0.2) is 0 Å². The van der Waals surface area contributed by atoms with Crippen LogP contribution in [0.2, 0.25) is 0 Å². The highest BCUT2D eigenvalue weighted by Gasteiger charge is 2.09. The minimum Gasteiger partial charge on any atom is -0.353 e. The van der Waals surface area contributed by atoms with E-state index in [1.54, 1.807) is 12.3 Å². The third kappa shape index (κ3) is 2.12. The molecule has 1 aromatic carbocycles. The van der Waals surface area contributed by atoms with Crippen LogP contribution in [0.15, 0.2) is 41.5 Å². The van der Waals surface area contributed by atoms with Crippen LogP contribution in [0.1, 0.15) is 10.5 Å². The fourth-order valence-electron chi connectivity index (χ4n) is 2.07. The minimum atomic E-state index is -0.429. The van der Waals surface area contributed by atoms with Crippen LogP contribution in [0.3, 0.4) is 0 Å². The monoisotopic (exact) mass is 268 g/mol. The number of nitrogens with one attached hydrogen (secondary N) is 2. The molecular formula is C14H12N4O2. The van der Waals surface area contributed by atoms with Crippen LogP contribution in [0.5, 0.6) is 0 Å². The van der Waals surface area contributed by atoms with Crippen LogP contribution in [-0.4, -0.2) is 29.3 Å². The Morgan fingerprint density at radius 3 is 3.05 bits per heavy atom. The Morgan fingerprint density at radius 2 is 2.20 bits per heavy atom. The normalized spacial score (nSPS) is 11.4. The lowest BCUT2D eigenvalue weighted by Crippen LogP contribution is -2.10. The lowest BCUT2D eigenvalue weighted by Gasteiger charge is -1.96. The standard InChI is InChI=1S/C14H12N4O2/c1-20-17-8-16-14(19)12-6-10-9-4-2-3-5-11(9)18-13(10)7-15-12/h2-8,18H,1H3,(H,16,17,19). The van der Waals surface area contributed by atoms with Crippen molar-refractivity contribution in [3.05, 3.63) is 42.2 Å². The van der Waals surface area contributed by atoms with Gasteiger partial charge in [-0.05, 0) is 12.1 Å². The van der Waals surface area contributed by atoms with Gasteiger partial charge in [0, 0.05) is 16.3 Å². The summed E-state index contributed by atoms with van der Waals surface area (Å²) >= 11 is 0. The van der Waals surface area contributed by atoms with Crippen molar-refractivity contribution < 1.29 is 9.63 Å². The van der Waals surface area contributed by atoms with Gasteiger partial charge in [0.2, 0.25) is 0 Å². The fourth-order valence-corrected chi connectivity index (χ4v) is 2.07. The van der Waals surface area contributed by atoms with Crippen LogP contribution in [0.25, 0.3) is 21.8 Å². The summed E-state index contributed by atoms with van der Waals surface area (Å²) in [5, 5.41) is 2.01. The van der Waals surface area contributed by atoms with E-state index < -0.39 is 5.91 Å². The molecule has 20 heavy (non-hydrogen) atoms. The molecule has 0 saturated heterocycles. The summed E-state index contributed by atoms with van der Waals surface area (Å²) in [5.41, 5.74) is 4.56. The molecule has 0 fully saturated rings. The number of aromatic nitrogens is 2. The number of hydroxylamine groups is 1. The van der Waals surface area contributed by atoms with E-state index in [4.69, 9.17) is 0 Å². The molecule has 0 spiro atoms. The number of benzene rings is 1.